The van der Waals surface area contributed by atoms with Crippen molar-refractivity contribution in [3.05, 3.63) is 33.7 Å². The first kappa shape index (κ1) is 21.1. The average molecular weight is 392 g/mol. The first-order valence-electron chi connectivity index (χ1n) is 8.41. The van der Waals surface area contributed by atoms with E-state index in [2.05, 4.69) is 0 Å². The Morgan fingerprint density at radius 2 is 1.71 bits per heavy atom. The molecule has 28 heavy (non-hydrogen) atoms. The van der Waals surface area contributed by atoms with Crippen LogP contribution in [-0.4, -0.2) is 47.4 Å². The zero-order chi connectivity index (χ0) is 21.0. The highest BCUT2D eigenvalue weighted by Crippen LogP contribution is 2.34. The van der Waals surface area contributed by atoms with Crippen molar-refractivity contribution in [2.45, 2.75) is 52.2 Å². The number of rotatable bonds is 5. The van der Waals surface area contributed by atoms with Gasteiger partial charge >= 0.3 is 17.9 Å². The number of pyridine rings is 1. The van der Waals surface area contributed by atoms with E-state index < -0.39 is 48.0 Å². The topological polar surface area (TPSA) is 134 Å². The first-order chi connectivity index (χ1) is 13.1. The molecule has 0 unspecified atom stereocenters. The molecule has 0 saturated carbocycles. The van der Waals surface area contributed by atoms with Crippen LogP contribution in [-0.2, 0) is 33.3 Å². The average Bonchev–Trinajstić information content (AvgIpc) is 2.90. The third-order valence-corrected chi connectivity index (χ3v) is 4.04. The van der Waals surface area contributed by atoms with Crippen molar-refractivity contribution in [2.75, 3.05) is 6.61 Å². The normalized spacial score (nSPS) is 23.5. The second-order valence-electron chi connectivity index (χ2n) is 6.19. The number of hydrogen-bond acceptors (Lipinski definition) is 9. The Morgan fingerprint density at radius 1 is 1.11 bits per heavy atom. The maximum atomic E-state index is 12.7. The van der Waals surface area contributed by atoms with E-state index >= 15 is 0 Å². The quantitative estimate of drug-likeness (QED) is 0.514. The minimum Gasteiger partial charge on any atom is -0.463 e. The Kier molecular flexibility index (Phi) is 6.53. The van der Waals surface area contributed by atoms with Gasteiger partial charge in [-0.1, -0.05) is 0 Å². The van der Waals surface area contributed by atoms with Crippen LogP contribution in [0.4, 0.5) is 0 Å². The molecule has 1 aromatic rings. The summed E-state index contributed by atoms with van der Waals surface area (Å²) in [4.78, 5) is 47.0. The van der Waals surface area contributed by atoms with Crippen molar-refractivity contribution in [3.63, 3.8) is 0 Å². The Balaban J connectivity index is 2.53. The van der Waals surface area contributed by atoms with Gasteiger partial charge in [0.2, 0.25) is 0 Å². The molecule has 1 aliphatic rings. The molecule has 0 spiro atoms. The van der Waals surface area contributed by atoms with Crippen LogP contribution in [0.15, 0.2) is 16.9 Å². The van der Waals surface area contributed by atoms with Crippen LogP contribution in [0.5, 0.6) is 0 Å². The fourth-order valence-corrected chi connectivity index (χ4v) is 2.95. The zero-order valence-electron chi connectivity index (χ0n) is 15.8. The summed E-state index contributed by atoms with van der Waals surface area (Å²) >= 11 is 0. The van der Waals surface area contributed by atoms with Gasteiger partial charge in [-0.25, -0.2) is 0 Å². The van der Waals surface area contributed by atoms with Crippen LogP contribution in [0.2, 0.25) is 0 Å². The molecule has 4 atom stereocenters. The van der Waals surface area contributed by atoms with Crippen molar-refractivity contribution in [1.82, 2.24) is 4.57 Å². The third-order valence-electron chi connectivity index (χ3n) is 4.04. The van der Waals surface area contributed by atoms with Gasteiger partial charge in [0, 0.05) is 26.5 Å². The number of esters is 3. The Labute approximate surface area is 160 Å². The van der Waals surface area contributed by atoms with Crippen molar-refractivity contribution >= 4 is 17.9 Å². The minimum absolute atomic E-state index is 0.136. The van der Waals surface area contributed by atoms with E-state index in [1.165, 1.54) is 19.1 Å². The molecule has 2 rings (SSSR count). The standard InChI is InChI=1S/C18H20N2O8/c1-9-5-6-13(7-19)17(24)20(9)18-16(27-12(4)23)15(26-11(3)22)14(28-18)8-25-10(2)21/h5-6,14-16,18H,8H2,1-4H3/t14-,15-,16-,18-/m1/s1. The number of aryl methyl sites for hydroxylation is 1. The van der Waals surface area contributed by atoms with Crippen LogP contribution >= 0.6 is 0 Å². The number of aromatic nitrogens is 1. The molecule has 1 fully saturated rings. The summed E-state index contributed by atoms with van der Waals surface area (Å²) < 4.78 is 22.4. The van der Waals surface area contributed by atoms with Gasteiger partial charge in [0.25, 0.3) is 5.56 Å². The van der Waals surface area contributed by atoms with Gasteiger partial charge in [-0.05, 0) is 19.1 Å². The van der Waals surface area contributed by atoms with E-state index in [-0.39, 0.29) is 12.2 Å². The molecule has 0 bridgehead atoms. The van der Waals surface area contributed by atoms with Gasteiger partial charge in [0.1, 0.15) is 24.3 Å². The van der Waals surface area contributed by atoms with Crippen LogP contribution in [0.1, 0.15) is 38.3 Å². The van der Waals surface area contributed by atoms with Gasteiger partial charge in [0.15, 0.2) is 18.4 Å². The molecule has 2 heterocycles. The molecule has 150 valence electrons. The Hall–Kier alpha value is -3.19. The van der Waals surface area contributed by atoms with Gasteiger partial charge in [-0.2, -0.15) is 5.26 Å². The second kappa shape index (κ2) is 8.67. The highest BCUT2D eigenvalue weighted by Gasteiger charge is 2.51. The van der Waals surface area contributed by atoms with E-state index in [9.17, 15) is 19.2 Å². The van der Waals surface area contributed by atoms with Gasteiger partial charge in [0.05, 0.1) is 0 Å². The van der Waals surface area contributed by atoms with Crippen molar-refractivity contribution in [1.29, 1.82) is 5.26 Å². The molecule has 0 radical (unpaired) electrons. The number of carbonyl (C=O) groups excluding carboxylic acids is 3. The molecule has 10 nitrogen and oxygen atoms in total. The van der Waals surface area contributed by atoms with Crippen molar-refractivity contribution < 1.29 is 33.3 Å². The molecule has 0 N–H and O–H groups in total. The van der Waals surface area contributed by atoms with Crippen LogP contribution in [0.25, 0.3) is 0 Å². The first-order valence-corrected chi connectivity index (χ1v) is 8.41. The number of carbonyl (C=O) groups is 3. The van der Waals surface area contributed by atoms with Crippen LogP contribution in [0.3, 0.4) is 0 Å². The molecular formula is C18H20N2O8. The summed E-state index contributed by atoms with van der Waals surface area (Å²) in [6.07, 6.45) is -4.48. The monoisotopic (exact) mass is 392 g/mol. The van der Waals surface area contributed by atoms with E-state index in [1.54, 1.807) is 13.0 Å². The van der Waals surface area contributed by atoms with Crippen molar-refractivity contribution in [3.8, 4) is 6.07 Å². The number of ether oxygens (including phenoxy) is 4. The number of hydrogen-bond donors (Lipinski definition) is 0. The molecule has 0 aromatic carbocycles. The summed E-state index contributed by atoms with van der Waals surface area (Å²) in [7, 11) is 0. The lowest BCUT2D eigenvalue weighted by Gasteiger charge is -2.25. The maximum absolute atomic E-state index is 12.7. The third kappa shape index (κ3) is 4.55. The minimum atomic E-state index is -1.19. The fourth-order valence-electron chi connectivity index (χ4n) is 2.95. The number of nitriles is 1. The van der Waals surface area contributed by atoms with E-state index in [0.717, 1.165) is 18.4 Å². The lowest BCUT2D eigenvalue weighted by Crippen LogP contribution is -2.42. The SMILES string of the molecule is CC(=O)OC[C@H]1O[C@@H](n2c(C)ccc(C#N)c2=O)[C@H](OC(C)=O)[C@@H]1OC(C)=O. The molecular weight excluding hydrogens is 372 g/mol. The van der Waals surface area contributed by atoms with E-state index in [4.69, 9.17) is 24.2 Å². The lowest BCUT2D eigenvalue weighted by atomic mass is 10.1. The summed E-state index contributed by atoms with van der Waals surface area (Å²) in [5.41, 5.74) is -0.358. The molecule has 1 aromatic heterocycles. The maximum Gasteiger partial charge on any atom is 0.303 e. The second-order valence-corrected chi connectivity index (χ2v) is 6.19. The predicted molar refractivity (Wildman–Crippen MR) is 91.8 cm³/mol. The van der Waals surface area contributed by atoms with Crippen molar-refractivity contribution in [2.24, 2.45) is 0 Å². The predicted octanol–water partition coefficient (Wildman–Crippen LogP) is 0.352. The summed E-state index contributed by atoms with van der Waals surface area (Å²) in [6, 6.07) is 4.69. The summed E-state index contributed by atoms with van der Waals surface area (Å²) in [5, 5.41) is 9.14. The highest BCUT2D eigenvalue weighted by atomic mass is 16.7. The highest BCUT2D eigenvalue weighted by molar-refractivity contribution is 5.68. The zero-order valence-corrected chi connectivity index (χ0v) is 15.8. The fraction of sp³-hybridized carbons (Fsp3) is 0.500. The molecule has 10 heteroatoms. The Bertz CT molecular complexity index is 885. The lowest BCUT2D eigenvalue weighted by molar-refractivity contribution is -0.166. The van der Waals surface area contributed by atoms with Crippen LogP contribution < -0.4 is 5.56 Å². The summed E-state index contributed by atoms with van der Waals surface area (Å²) in [6.45, 7) is 4.84. The van der Waals surface area contributed by atoms with E-state index in [0.29, 0.717) is 5.69 Å². The largest absolute Gasteiger partial charge is 0.463 e. The number of nitrogens with zero attached hydrogens (tertiary/aromatic N) is 2. The molecule has 1 saturated heterocycles. The summed E-state index contributed by atoms with van der Waals surface area (Å²) in [5.74, 6) is -1.95. The van der Waals surface area contributed by atoms with Gasteiger partial charge in [-0.15, -0.1) is 0 Å². The smallest absolute Gasteiger partial charge is 0.303 e. The van der Waals surface area contributed by atoms with Gasteiger partial charge in [-0.3, -0.25) is 23.7 Å². The molecule has 0 amide bonds. The van der Waals surface area contributed by atoms with E-state index in [1.807, 2.05) is 0 Å². The van der Waals surface area contributed by atoms with Crippen LogP contribution in [0, 0.1) is 18.3 Å². The molecule has 1 aliphatic heterocycles. The Morgan fingerprint density at radius 3 is 2.25 bits per heavy atom. The van der Waals surface area contributed by atoms with Gasteiger partial charge < -0.3 is 18.9 Å². The molecule has 0 aliphatic carbocycles.